The predicted octanol–water partition coefficient (Wildman–Crippen LogP) is 2.99. The summed E-state index contributed by atoms with van der Waals surface area (Å²) in [6, 6.07) is 8.34. The third-order valence-electron chi connectivity index (χ3n) is 4.73. The fraction of sp³-hybridized carbons (Fsp3) is 0.588. The van der Waals surface area contributed by atoms with Gasteiger partial charge in [-0.15, -0.1) is 0 Å². The number of piperidine rings is 1. The van der Waals surface area contributed by atoms with Gasteiger partial charge in [-0.05, 0) is 56.5 Å². The molecule has 1 heterocycles. The van der Waals surface area contributed by atoms with E-state index in [1.165, 1.54) is 5.56 Å². The Hall–Kier alpha value is -1.35. The van der Waals surface area contributed by atoms with Gasteiger partial charge in [0, 0.05) is 12.7 Å². The fourth-order valence-electron chi connectivity index (χ4n) is 3.05. The Bertz CT molecular complexity index is 447. The molecule has 1 saturated heterocycles. The number of benzene rings is 1. The summed E-state index contributed by atoms with van der Waals surface area (Å²) < 4.78 is 0. The molecular formula is C17H26N2O. The predicted molar refractivity (Wildman–Crippen MR) is 84.1 cm³/mol. The van der Waals surface area contributed by atoms with Crippen molar-refractivity contribution in [3.8, 4) is 0 Å². The standard InChI is InChI=1S/C17H26N2O/c1-4-14-6-8-15(9-7-14)19(3)16(20)17(5-2)10-12-18-13-11-17/h6-9,18H,4-5,10-13H2,1-3H3. The number of nitrogens with one attached hydrogen (secondary N) is 1. The molecule has 0 saturated carbocycles. The monoisotopic (exact) mass is 274 g/mol. The first-order valence-corrected chi connectivity index (χ1v) is 7.71. The molecule has 0 aliphatic carbocycles. The Morgan fingerprint density at radius 3 is 2.30 bits per heavy atom. The molecule has 0 radical (unpaired) electrons. The van der Waals surface area contributed by atoms with Crippen molar-refractivity contribution in [2.24, 2.45) is 5.41 Å². The highest BCUT2D eigenvalue weighted by Gasteiger charge is 2.39. The highest BCUT2D eigenvalue weighted by Crippen LogP contribution is 2.35. The van der Waals surface area contributed by atoms with Crippen molar-refractivity contribution < 1.29 is 4.79 Å². The van der Waals surface area contributed by atoms with Gasteiger partial charge in [-0.3, -0.25) is 4.79 Å². The summed E-state index contributed by atoms with van der Waals surface area (Å²) in [5.74, 6) is 0.269. The van der Waals surface area contributed by atoms with E-state index in [0.717, 1.165) is 44.5 Å². The van der Waals surface area contributed by atoms with Gasteiger partial charge in [0.05, 0.1) is 5.41 Å². The van der Waals surface area contributed by atoms with Crippen molar-refractivity contribution in [2.75, 3.05) is 25.0 Å². The van der Waals surface area contributed by atoms with Crippen LogP contribution in [-0.4, -0.2) is 26.0 Å². The van der Waals surface area contributed by atoms with Gasteiger partial charge in [-0.25, -0.2) is 0 Å². The van der Waals surface area contributed by atoms with Crippen molar-refractivity contribution in [3.05, 3.63) is 29.8 Å². The molecule has 0 aromatic heterocycles. The number of hydrogen-bond acceptors (Lipinski definition) is 2. The number of aryl methyl sites for hydroxylation is 1. The van der Waals surface area contributed by atoms with E-state index < -0.39 is 0 Å². The normalized spacial score (nSPS) is 17.8. The van der Waals surface area contributed by atoms with Gasteiger partial charge in [0.2, 0.25) is 5.91 Å². The van der Waals surface area contributed by atoms with E-state index in [9.17, 15) is 4.79 Å². The van der Waals surface area contributed by atoms with Crippen LogP contribution in [0.1, 0.15) is 38.7 Å². The minimum Gasteiger partial charge on any atom is -0.317 e. The Labute approximate surface area is 122 Å². The zero-order chi connectivity index (χ0) is 14.6. The van der Waals surface area contributed by atoms with Crippen LogP contribution in [0.2, 0.25) is 0 Å². The maximum atomic E-state index is 12.9. The topological polar surface area (TPSA) is 32.3 Å². The lowest BCUT2D eigenvalue weighted by Crippen LogP contribution is -2.48. The molecule has 2 rings (SSSR count). The first-order valence-electron chi connectivity index (χ1n) is 7.71. The molecule has 1 fully saturated rings. The molecule has 0 bridgehead atoms. The van der Waals surface area contributed by atoms with Gasteiger partial charge >= 0.3 is 0 Å². The molecule has 1 N–H and O–H groups in total. The highest BCUT2D eigenvalue weighted by molar-refractivity contribution is 5.97. The second kappa shape index (κ2) is 6.40. The number of nitrogens with zero attached hydrogens (tertiary/aromatic N) is 1. The maximum Gasteiger partial charge on any atom is 0.233 e. The SMILES string of the molecule is CCc1ccc(N(C)C(=O)C2(CC)CCNCC2)cc1. The molecular weight excluding hydrogens is 248 g/mol. The summed E-state index contributed by atoms with van der Waals surface area (Å²) in [6.45, 7) is 6.17. The second-order valence-corrected chi connectivity index (χ2v) is 5.77. The van der Waals surface area contributed by atoms with Gasteiger partial charge in [0.1, 0.15) is 0 Å². The van der Waals surface area contributed by atoms with Crippen molar-refractivity contribution in [3.63, 3.8) is 0 Å². The van der Waals surface area contributed by atoms with Crippen LogP contribution in [0.4, 0.5) is 5.69 Å². The van der Waals surface area contributed by atoms with Crippen LogP contribution in [0.3, 0.4) is 0 Å². The second-order valence-electron chi connectivity index (χ2n) is 5.77. The molecule has 1 aliphatic heterocycles. The van der Waals surface area contributed by atoms with Crippen LogP contribution in [0.5, 0.6) is 0 Å². The molecule has 1 aliphatic rings. The van der Waals surface area contributed by atoms with Gasteiger partial charge in [-0.1, -0.05) is 26.0 Å². The summed E-state index contributed by atoms with van der Waals surface area (Å²) in [5, 5.41) is 3.35. The van der Waals surface area contributed by atoms with Gasteiger partial charge in [0.15, 0.2) is 0 Å². The average molecular weight is 274 g/mol. The van der Waals surface area contributed by atoms with Crippen molar-refractivity contribution in [1.82, 2.24) is 5.32 Å². The lowest BCUT2D eigenvalue weighted by Gasteiger charge is -2.38. The molecule has 1 amide bonds. The van der Waals surface area contributed by atoms with Gasteiger partial charge < -0.3 is 10.2 Å². The largest absolute Gasteiger partial charge is 0.317 e. The molecule has 3 heteroatoms. The van der Waals surface area contributed by atoms with Crippen LogP contribution in [0.15, 0.2) is 24.3 Å². The Morgan fingerprint density at radius 2 is 1.80 bits per heavy atom. The molecule has 20 heavy (non-hydrogen) atoms. The van der Waals surface area contributed by atoms with E-state index in [2.05, 4.69) is 43.4 Å². The molecule has 1 aromatic carbocycles. The van der Waals surface area contributed by atoms with E-state index in [1.807, 2.05) is 11.9 Å². The van der Waals surface area contributed by atoms with E-state index >= 15 is 0 Å². The quantitative estimate of drug-likeness (QED) is 0.915. The van der Waals surface area contributed by atoms with Gasteiger partial charge in [-0.2, -0.15) is 0 Å². The maximum absolute atomic E-state index is 12.9. The van der Waals surface area contributed by atoms with E-state index in [4.69, 9.17) is 0 Å². The molecule has 3 nitrogen and oxygen atoms in total. The molecule has 0 unspecified atom stereocenters. The zero-order valence-corrected chi connectivity index (χ0v) is 12.9. The van der Waals surface area contributed by atoms with E-state index in [-0.39, 0.29) is 11.3 Å². The van der Waals surface area contributed by atoms with E-state index in [1.54, 1.807) is 0 Å². The lowest BCUT2D eigenvalue weighted by atomic mass is 9.75. The summed E-state index contributed by atoms with van der Waals surface area (Å²) in [5.41, 5.74) is 2.13. The van der Waals surface area contributed by atoms with Crippen LogP contribution in [0, 0.1) is 5.41 Å². The summed E-state index contributed by atoms with van der Waals surface area (Å²) in [6.07, 6.45) is 3.84. The Kier molecular flexibility index (Phi) is 4.81. The molecule has 110 valence electrons. The molecule has 0 spiro atoms. The summed E-state index contributed by atoms with van der Waals surface area (Å²) in [7, 11) is 1.91. The number of carbonyl (C=O) groups is 1. The summed E-state index contributed by atoms with van der Waals surface area (Å²) >= 11 is 0. The van der Waals surface area contributed by atoms with Gasteiger partial charge in [0.25, 0.3) is 0 Å². The molecule has 0 atom stereocenters. The van der Waals surface area contributed by atoms with Crippen molar-refractivity contribution in [1.29, 1.82) is 0 Å². The third-order valence-corrected chi connectivity index (χ3v) is 4.73. The number of rotatable bonds is 4. The molecule has 1 aromatic rings. The highest BCUT2D eigenvalue weighted by atomic mass is 16.2. The first kappa shape index (κ1) is 15.0. The number of hydrogen-bond donors (Lipinski definition) is 1. The fourth-order valence-corrected chi connectivity index (χ4v) is 3.05. The lowest BCUT2D eigenvalue weighted by molar-refractivity contribution is -0.129. The first-order chi connectivity index (χ1) is 9.63. The number of carbonyl (C=O) groups excluding carboxylic acids is 1. The third kappa shape index (κ3) is 2.88. The van der Waals surface area contributed by atoms with Crippen LogP contribution >= 0.6 is 0 Å². The smallest absolute Gasteiger partial charge is 0.233 e. The minimum atomic E-state index is -0.177. The Morgan fingerprint density at radius 1 is 1.20 bits per heavy atom. The number of anilines is 1. The van der Waals surface area contributed by atoms with Crippen LogP contribution < -0.4 is 10.2 Å². The summed E-state index contributed by atoms with van der Waals surface area (Å²) in [4.78, 5) is 14.7. The van der Waals surface area contributed by atoms with Crippen LogP contribution in [-0.2, 0) is 11.2 Å². The zero-order valence-electron chi connectivity index (χ0n) is 12.9. The minimum absolute atomic E-state index is 0.177. The van der Waals surface area contributed by atoms with Crippen molar-refractivity contribution in [2.45, 2.75) is 39.5 Å². The van der Waals surface area contributed by atoms with Crippen LogP contribution in [0.25, 0.3) is 0 Å². The number of amides is 1. The van der Waals surface area contributed by atoms with Crippen molar-refractivity contribution >= 4 is 11.6 Å². The Balaban J connectivity index is 2.17. The average Bonchev–Trinajstić information content (AvgIpc) is 2.54. The van der Waals surface area contributed by atoms with E-state index in [0.29, 0.717) is 0 Å².